The van der Waals surface area contributed by atoms with Crippen molar-refractivity contribution in [3.05, 3.63) is 69.8 Å². The maximum Gasteiger partial charge on any atom is 0.406 e. The van der Waals surface area contributed by atoms with Crippen molar-refractivity contribution in [3.8, 4) is 0 Å². The van der Waals surface area contributed by atoms with E-state index in [0.717, 1.165) is 6.07 Å². The van der Waals surface area contributed by atoms with Crippen molar-refractivity contribution < 1.29 is 37.2 Å². The van der Waals surface area contributed by atoms with E-state index in [-0.39, 0.29) is 30.9 Å². The third kappa shape index (κ3) is 8.41. The summed E-state index contributed by atoms with van der Waals surface area (Å²) in [5.41, 5.74) is 0.0168. The van der Waals surface area contributed by atoms with Crippen molar-refractivity contribution in [2.45, 2.75) is 12.7 Å². The number of anilines is 1. The summed E-state index contributed by atoms with van der Waals surface area (Å²) >= 11 is 0. The number of methoxy groups -OCH3 is 1. The number of hydrogen-bond donors (Lipinski definition) is 1. The lowest BCUT2D eigenvalue weighted by atomic mass is 10.1. The highest BCUT2D eigenvalue weighted by molar-refractivity contribution is 5.97. The Labute approximate surface area is 187 Å². The van der Waals surface area contributed by atoms with Gasteiger partial charge in [-0.1, -0.05) is 30.3 Å². The molecule has 1 N–H and O–H groups in total. The molecule has 0 aliphatic rings. The highest BCUT2D eigenvalue weighted by Crippen LogP contribution is 2.23. The largest absolute Gasteiger partial charge is 0.452 e. The van der Waals surface area contributed by atoms with Crippen LogP contribution < -0.4 is 5.32 Å². The lowest BCUT2D eigenvalue weighted by molar-refractivity contribution is -0.384. The van der Waals surface area contributed by atoms with E-state index in [2.05, 4.69) is 5.32 Å². The van der Waals surface area contributed by atoms with E-state index in [9.17, 15) is 32.9 Å². The molecule has 0 saturated heterocycles. The third-order valence-electron chi connectivity index (χ3n) is 4.32. The summed E-state index contributed by atoms with van der Waals surface area (Å²) in [6.07, 6.45) is -4.66. The van der Waals surface area contributed by atoms with E-state index in [0.29, 0.717) is 10.5 Å². The Morgan fingerprint density at radius 2 is 1.85 bits per heavy atom. The predicted octanol–water partition coefficient (Wildman–Crippen LogP) is 3.40. The van der Waals surface area contributed by atoms with Crippen molar-refractivity contribution in [1.82, 2.24) is 4.90 Å². The minimum Gasteiger partial charge on any atom is -0.452 e. The van der Waals surface area contributed by atoms with Gasteiger partial charge in [0.2, 0.25) is 0 Å². The molecule has 0 atom stereocenters. The molecule has 12 heteroatoms. The second-order valence-corrected chi connectivity index (χ2v) is 6.83. The van der Waals surface area contributed by atoms with Crippen LogP contribution in [0.5, 0.6) is 0 Å². The smallest absolute Gasteiger partial charge is 0.406 e. The van der Waals surface area contributed by atoms with Gasteiger partial charge in [-0.25, -0.2) is 4.79 Å². The molecular formula is C21H22F3N3O6. The number of halogens is 3. The van der Waals surface area contributed by atoms with Gasteiger partial charge in [0.1, 0.15) is 6.54 Å². The lowest BCUT2D eigenvalue weighted by Crippen LogP contribution is -2.40. The molecule has 0 aliphatic heterocycles. The third-order valence-corrected chi connectivity index (χ3v) is 4.32. The van der Waals surface area contributed by atoms with E-state index in [1.54, 1.807) is 30.3 Å². The molecule has 0 bridgehead atoms. The van der Waals surface area contributed by atoms with E-state index in [1.807, 2.05) is 0 Å². The first-order valence-corrected chi connectivity index (χ1v) is 9.67. The van der Waals surface area contributed by atoms with Gasteiger partial charge in [-0.3, -0.25) is 14.9 Å². The first-order chi connectivity index (χ1) is 15.6. The standard InChI is InChI=1S/C21H22F3N3O6/c1-32-10-9-25-18-8-7-16(27(30)31)11-17(18)20(29)33-13-19(28)26(14-21(22,23)24)12-15-5-3-2-4-6-15/h2-8,11,25H,9-10,12-14H2,1H3. The van der Waals surface area contributed by atoms with E-state index < -0.39 is 41.8 Å². The number of carbonyl (C=O) groups excluding carboxylic acids is 2. The molecule has 0 saturated carbocycles. The molecule has 1 amide bonds. The normalized spacial score (nSPS) is 11.0. The number of amides is 1. The second kappa shape index (κ2) is 11.8. The van der Waals surface area contributed by atoms with Crippen LogP contribution in [0.1, 0.15) is 15.9 Å². The first kappa shape index (κ1) is 25.6. The predicted molar refractivity (Wildman–Crippen MR) is 112 cm³/mol. The number of benzene rings is 2. The monoisotopic (exact) mass is 469 g/mol. The fourth-order valence-electron chi connectivity index (χ4n) is 2.81. The van der Waals surface area contributed by atoms with Crippen molar-refractivity contribution in [2.24, 2.45) is 0 Å². The van der Waals surface area contributed by atoms with Crippen LogP contribution in [0.3, 0.4) is 0 Å². The topological polar surface area (TPSA) is 111 Å². The number of hydrogen-bond acceptors (Lipinski definition) is 7. The number of ether oxygens (including phenoxy) is 2. The van der Waals surface area contributed by atoms with Gasteiger partial charge in [0.05, 0.1) is 17.1 Å². The van der Waals surface area contributed by atoms with E-state index in [1.165, 1.54) is 19.2 Å². The van der Waals surface area contributed by atoms with Gasteiger partial charge in [-0.05, 0) is 11.6 Å². The number of nitro groups is 1. The number of carbonyl (C=O) groups is 2. The molecule has 0 spiro atoms. The van der Waals surface area contributed by atoms with Gasteiger partial charge in [-0.2, -0.15) is 13.2 Å². The first-order valence-electron chi connectivity index (χ1n) is 9.67. The molecule has 2 aromatic rings. The lowest BCUT2D eigenvalue weighted by Gasteiger charge is -2.24. The van der Waals surface area contributed by atoms with Gasteiger partial charge in [0, 0.05) is 38.0 Å². The Morgan fingerprint density at radius 3 is 2.45 bits per heavy atom. The number of non-ortho nitro benzene ring substituents is 1. The molecule has 2 rings (SSSR count). The SMILES string of the molecule is COCCNc1ccc([N+](=O)[O-])cc1C(=O)OCC(=O)N(Cc1ccccc1)CC(F)(F)F. The summed E-state index contributed by atoms with van der Waals surface area (Å²) in [5.74, 6) is -2.16. The van der Waals surface area contributed by atoms with Crippen molar-refractivity contribution in [2.75, 3.05) is 38.7 Å². The van der Waals surface area contributed by atoms with Gasteiger partial charge >= 0.3 is 12.1 Å². The average molecular weight is 469 g/mol. The highest BCUT2D eigenvalue weighted by Gasteiger charge is 2.33. The molecule has 0 unspecified atom stereocenters. The summed E-state index contributed by atoms with van der Waals surface area (Å²) in [6.45, 7) is -2.29. The van der Waals surface area contributed by atoms with Crippen LogP contribution in [0.25, 0.3) is 0 Å². The Morgan fingerprint density at radius 1 is 1.15 bits per heavy atom. The van der Waals surface area contributed by atoms with Crippen LogP contribution in [0.2, 0.25) is 0 Å². The minimum atomic E-state index is -4.66. The summed E-state index contributed by atoms with van der Waals surface area (Å²) < 4.78 is 48.7. The van der Waals surface area contributed by atoms with Crippen LogP contribution >= 0.6 is 0 Å². The Hall–Kier alpha value is -3.67. The number of nitro benzene ring substituents is 1. The van der Waals surface area contributed by atoms with Crippen LogP contribution in [-0.2, 0) is 20.8 Å². The average Bonchev–Trinajstić information content (AvgIpc) is 2.76. The zero-order valence-corrected chi connectivity index (χ0v) is 17.6. The summed E-state index contributed by atoms with van der Waals surface area (Å²) in [6, 6.07) is 11.4. The molecule has 0 aromatic heterocycles. The quantitative estimate of drug-likeness (QED) is 0.232. The summed E-state index contributed by atoms with van der Waals surface area (Å²) in [5, 5.41) is 13.9. The second-order valence-electron chi connectivity index (χ2n) is 6.83. The minimum absolute atomic E-state index is 0.187. The molecular weight excluding hydrogens is 447 g/mol. The number of esters is 1. The highest BCUT2D eigenvalue weighted by atomic mass is 19.4. The van der Waals surface area contributed by atoms with Crippen molar-refractivity contribution in [3.63, 3.8) is 0 Å². The fraction of sp³-hybridized carbons (Fsp3) is 0.333. The maximum atomic E-state index is 13.0. The van der Waals surface area contributed by atoms with Crippen LogP contribution in [0.4, 0.5) is 24.5 Å². The maximum absolute atomic E-state index is 13.0. The molecule has 9 nitrogen and oxygen atoms in total. The Kier molecular flexibility index (Phi) is 9.16. The van der Waals surface area contributed by atoms with E-state index in [4.69, 9.17) is 9.47 Å². The molecule has 0 heterocycles. The molecule has 0 fully saturated rings. The Balaban J connectivity index is 2.14. The van der Waals surface area contributed by atoms with Crippen LogP contribution in [-0.4, -0.2) is 61.3 Å². The molecule has 33 heavy (non-hydrogen) atoms. The van der Waals surface area contributed by atoms with Gasteiger partial charge in [0.15, 0.2) is 6.61 Å². The van der Waals surface area contributed by atoms with Crippen LogP contribution in [0, 0.1) is 10.1 Å². The van der Waals surface area contributed by atoms with Gasteiger partial charge < -0.3 is 19.7 Å². The van der Waals surface area contributed by atoms with Crippen molar-refractivity contribution in [1.29, 1.82) is 0 Å². The number of rotatable bonds is 11. The number of nitrogens with zero attached hydrogens (tertiary/aromatic N) is 2. The molecule has 2 aromatic carbocycles. The van der Waals surface area contributed by atoms with E-state index >= 15 is 0 Å². The molecule has 0 aliphatic carbocycles. The summed E-state index contributed by atoms with van der Waals surface area (Å²) in [7, 11) is 1.46. The zero-order chi connectivity index (χ0) is 24.4. The number of nitrogens with one attached hydrogen (secondary N) is 1. The van der Waals surface area contributed by atoms with Crippen LogP contribution in [0.15, 0.2) is 48.5 Å². The van der Waals surface area contributed by atoms with Gasteiger partial charge in [-0.15, -0.1) is 0 Å². The number of alkyl halides is 3. The van der Waals surface area contributed by atoms with Gasteiger partial charge in [0.25, 0.3) is 11.6 Å². The molecule has 178 valence electrons. The Bertz CT molecular complexity index is 969. The summed E-state index contributed by atoms with van der Waals surface area (Å²) in [4.78, 5) is 35.8. The molecule has 0 radical (unpaired) electrons. The fourth-order valence-corrected chi connectivity index (χ4v) is 2.81. The van der Waals surface area contributed by atoms with Crippen molar-refractivity contribution >= 4 is 23.3 Å². The zero-order valence-electron chi connectivity index (χ0n) is 17.6.